The van der Waals surface area contributed by atoms with Gasteiger partial charge in [0.05, 0.1) is 0 Å². The minimum atomic E-state index is -0.0655. The molecule has 1 fully saturated rings. The zero-order valence-electron chi connectivity index (χ0n) is 8.16. The Morgan fingerprint density at radius 2 is 2.64 bits per heavy atom. The molecule has 0 radical (unpaired) electrons. The number of anilines is 1. The monoisotopic (exact) mass is 194 g/mol. The number of hydrogen-bond donors (Lipinski definition) is 2. The van der Waals surface area contributed by atoms with Crippen LogP contribution in [0.3, 0.4) is 0 Å². The highest BCUT2D eigenvalue weighted by Gasteiger charge is 2.23. The van der Waals surface area contributed by atoms with Crippen LogP contribution in [0.2, 0.25) is 0 Å². The van der Waals surface area contributed by atoms with Gasteiger partial charge in [0.15, 0.2) is 0 Å². The van der Waals surface area contributed by atoms with Crippen molar-refractivity contribution < 1.29 is 4.79 Å². The van der Waals surface area contributed by atoms with E-state index in [0.717, 1.165) is 19.5 Å². The Labute approximate surface area is 82.5 Å². The Balaban J connectivity index is 1.90. The van der Waals surface area contributed by atoms with Gasteiger partial charge in [-0.2, -0.15) is 0 Å². The van der Waals surface area contributed by atoms with Gasteiger partial charge >= 0.3 is 6.03 Å². The summed E-state index contributed by atoms with van der Waals surface area (Å²) in [5, 5.41) is 2.70. The molecule has 2 amide bonds. The SMILES string of the molecule is C[C@H]1CCN(C(=O)Nc2ncc[nH]2)C1. The van der Waals surface area contributed by atoms with Gasteiger partial charge in [-0.1, -0.05) is 6.92 Å². The number of carbonyl (C=O) groups is 1. The van der Waals surface area contributed by atoms with Gasteiger partial charge in [-0.3, -0.25) is 5.32 Å². The summed E-state index contributed by atoms with van der Waals surface area (Å²) in [5.74, 6) is 1.12. The van der Waals surface area contributed by atoms with Crippen LogP contribution in [0.25, 0.3) is 0 Å². The molecule has 1 saturated heterocycles. The van der Waals surface area contributed by atoms with E-state index in [1.807, 2.05) is 4.90 Å². The second-order valence-electron chi connectivity index (χ2n) is 3.71. The number of hydrogen-bond acceptors (Lipinski definition) is 2. The van der Waals surface area contributed by atoms with E-state index in [-0.39, 0.29) is 6.03 Å². The summed E-state index contributed by atoms with van der Waals surface area (Å²) in [4.78, 5) is 20.2. The first-order valence-electron chi connectivity index (χ1n) is 4.81. The molecule has 2 heterocycles. The van der Waals surface area contributed by atoms with E-state index in [0.29, 0.717) is 11.9 Å². The molecule has 0 aromatic carbocycles. The van der Waals surface area contributed by atoms with Crippen LogP contribution in [0, 0.1) is 5.92 Å². The third-order valence-corrected chi connectivity index (χ3v) is 2.43. The molecule has 1 atom stereocenters. The van der Waals surface area contributed by atoms with E-state index in [1.165, 1.54) is 0 Å². The minimum absolute atomic E-state index is 0.0655. The Morgan fingerprint density at radius 3 is 3.21 bits per heavy atom. The number of rotatable bonds is 1. The highest BCUT2D eigenvalue weighted by atomic mass is 16.2. The number of likely N-dealkylation sites (tertiary alicyclic amines) is 1. The first kappa shape index (κ1) is 9.05. The van der Waals surface area contributed by atoms with Gasteiger partial charge in [0, 0.05) is 25.5 Å². The number of amides is 2. The second-order valence-corrected chi connectivity index (χ2v) is 3.71. The molecule has 0 aliphatic carbocycles. The van der Waals surface area contributed by atoms with E-state index < -0.39 is 0 Å². The summed E-state index contributed by atoms with van der Waals surface area (Å²) in [5.41, 5.74) is 0. The maximum absolute atomic E-state index is 11.6. The number of nitrogens with zero attached hydrogens (tertiary/aromatic N) is 2. The van der Waals surface area contributed by atoms with Crippen LogP contribution in [0.5, 0.6) is 0 Å². The van der Waals surface area contributed by atoms with Gasteiger partial charge in [-0.05, 0) is 12.3 Å². The fourth-order valence-corrected chi connectivity index (χ4v) is 1.63. The predicted molar refractivity (Wildman–Crippen MR) is 53.0 cm³/mol. The smallest absolute Gasteiger partial charge is 0.324 e. The van der Waals surface area contributed by atoms with Crippen LogP contribution < -0.4 is 5.32 Å². The molecule has 1 aliphatic heterocycles. The Morgan fingerprint density at radius 1 is 1.79 bits per heavy atom. The molecule has 0 saturated carbocycles. The first-order chi connectivity index (χ1) is 6.75. The number of imidazole rings is 1. The minimum Gasteiger partial charge on any atom is -0.331 e. The lowest BCUT2D eigenvalue weighted by Gasteiger charge is -2.15. The lowest BCUT2D eigenvalue weighted by Crippen LogP contribution is -2.33. The fourth-order valence-electron chi connectivity index (χ4n) is 1.63. The van der Waals surface area contributed by atoms with Crippen LogP contribution in [0.4, 0.5) is 10.7 Å². The number of carbonyl (C=O) groups excluding carboxylic acids is 1. The zero-order valence-corrected chi connectivity index (χ0v) is 8.16. The lowest BCUT2D eigenvalue weighted by molar-refractivity contribution is 0.221. The maximum atomic E-state index is 11.6. The molecular formula is C9H14N4O. The Hall–Kier alpha value is -1.52. The highest BCUT2D eigenvalue weighted by Crippen LogP contribution is 2.15. The average molecular weight is 194 g/mol. The third kappa shape index (κ3) is 1.86. The van der Waals surface area contributed by atoms with Gasteiger partial charge in [-0.15, -0.1) is 0 Å². The van der Waals surface area contributed by atoms with Crippen molar-refractivity contribution >= 4 is 12.0 Å². The van der Waals surface area contributed by atoms with Crippen molar-refractivity contribution in [3.05, 3.63) is 12.4 Å². The molecule has 1 aromatic rings. The van der Waals surface area contributed by atoms with Gasteiger partial charge in [0.1, 0.15) is 0 Å². The summed E-state index contributed by atoms with van der Waals surface area (Å²) in [7, 11) is 0. The molecule has 0 bridgehead atoms. The van der Waals surface area contributed by atoms with Crippen molar-refractivity contribution in [1.29, 1.82) is 0 Å². The molecular weight excluding hydrogens is 180 g/mol. The van der Waals surface area contributed by atoms with Crippen molar-refractivity contribution in [2.45, 2.75) is 13.3 Å². The summed E-state index contributed by atoms with van der Waals surface area (Å²) in [6.07, 6.45) is 4.38. The van der Waals surface area contributed by atoms with E-state index in [2.05, 4.69) is 22.2 Å². The zero-order chi connectivity index (χ0) is 9.97. The predicted octanol–water partition coefficient (Wildman–Crippen LogP) is 1.28. The van der Waals surface area contributed by atoms with Crippen LogP contribution >= 0.6 is 0 Å². The highest BCUT2D eigenvalue weighted by molar-refractivity contribution is 5.87. The first-order valence-corrected chi connectivity index (χ1v) is 4.81. The summed E-state index contributed by atoms with van der Waals surface area (Å²) >= 11 is 0. The third-order valence-electron chi connectivity index (χ3n) is 2.43. The summed E-state index contributed by atoms with van der Waals surface area (Å²) in [6, 6.07) is -0.0655. The van der Waals surface area contributed by atoms with Crippen LogP contribution in [-0.4, -0.2) is 34.0 Å². The number of urea groups is 1. The molecule has 2 rings (SSSR count). The second kappa shape index (κ2) is 3.69. The van der Waals surface area contributed by atoms with Crippen LogP contribution in [0.1, 0.15) is 13.3 Å². The van der Waals surface area contributed by atoms with Crippen LogP contribution in [0.15, 0.2) is 12.4 Å². The quantitative estimate of drug-likeness (QED) is 0.707. The van der Waals surface area contributed by atoms with Crippen molar-refractivity contribution in [3.63, 3.8) is 0 Å². The van der Waals surface area contributed by atoms with Gasteiger partial charge in [0.25, 0.3) is 0 Å². The molecule has 1 aliphatic rings. The fraction of sp³-hybridized carbons (Fsp3) is 0.556. The molecule has 5 heteroatoms. The normalized spacial score (nSPS) is 21.2. The lowest BCUT2D eigenvalue weighted by atomic mass is 10.2. The Kier molecular flexibility index (Phi) is 2.39. The molecule has 0 spiro atoms. The molecule has 2 N–H and O–H groups in total. The molecule has 0 unspecified atom stereocenters. The standard InChI is InChI=1S/C9H14N4O/c1-7-2-5-13(6-7)9(14)12-8-10-3-4-11-8/h3-4,7H,2,5-6H2,1H3,(H2,10,11,12,14)/t7-/m0/s1. The summed E-state index contributed by atoms with van der Waals surface area (Å²) < 4.78 is 0. The van der Waals surface area contributed by atoms with Crippen molar-refractivity contribution in [3.8, 4) is 0 Å². The van der Waals surface area contributed by atoms with Gasteiger partial charge in [-0.25, -0.2) is 9.78 Å². The van der Waals surface area contributed by atoms with Crippen molar-refractivity contribution in [2.24, 2.45) is 5.92 Å². The number of aromatic amines is 1. The average Bonchev–Trinajstić information content (AvgIpc) is 2.75. The molecule has 1 aromatic heterocycles. The molecule has 76 valence electrons. The topological polar surface area (TPSA) is 61.0 Å². The maximum Gasteiger partial charge on any atom is 0.324 e. The van der Waals surface area contributed by atoms with Gasteiger partial charge < -0.3 is 9.88 Å². The van der Waals surface area contributed by atoms with E-state index in [4.69, 9.17) is 0 Å². The van der Waals surface area contributed by atoms with E-state index in [1.54, 1.807) is 12.4 Å². The van der Waals surface area contributed by atoms with Crippen molar-refractivity contribution in [2.75, 3.05) is 18.4 Å². The molecule has 5 nitrogen and oxygen atoms in total. The van der Waals surface area contributed by atoms with E-state index >= 15 is 0 Å². The van der Waals surface area contributed by atoms with Crippen molar-refractivity contribution in [1.82, 2.24) is 14.9 Å². The summed E-state index contributed by atoms with van der Waals surface area (Å²) in [6.45, 7) is 3.83. The Bertz CT molecular complexity index is 309. The number of H-pyrrole nitrogens is 1. The van der Waals surface area contributed by atoms with Crippen LogP contribution in [-0.2, 0) is 0 Å². The van der Waals surface area contributed by atoms with Gasteiger partial charge in [0.2, 0.25) is 5.95 Å². The van der Waals surface area contributed by atoms with E-state index in [9.17, 15) is 4.79 Å². The molecule has 14 heavy (non-hydrogen) atoms. The largest absolute Gasteiger partial charge is 0.331 e. The number of nitrogens with one attached hydrogen (secondary N) is 2. The number of aromatic nitrogens is 2.